The lowest BCUT2D eigenvalue weighted by atomic mass is 10.0. The topological polar surface area (TPSA) is 55.6 Å². The van der Waals surface area contributed by atoms with E-state index in [1.807, 2.05) is 23.1 Å². The molecule has 116 valence electrons. The monoisotopic (exact) mass is 290 g/mol. The van der Waals surface area contributed by atoms with Crippen molar-refractivity contribution in [2.75, 3.05) is 20.2 Å². The summed E-state index contributed by atoms with van der Waals surface area (Å²) in [4.78, 5) is 14.4. The van der Waals surface area contributed by atoms with Crippen LogP contribution in [0.4, 0.5) is 0 Å². The van der Waals surface area contributed by atoms with Crippen molar-refractivity contribution in [3.63, 3.8) is 0 Å². The summed E-state index contributed by atoms with van der Waals surface area (Å²) in [7, 11) is 1.67. The molecular weight excluding hydrogens is 264 g/mol. The summed E-state index contributed by atoms with van der Waals surface area (Å²) >= 11 is 0. The van der Waals surface area contributed by atoms with Crippen molar-refractivity contribution in [1.82, 2.24) is 4.90 Å². The number of carbonyl (C=O) groups excluding carboxylic acids is 1. The molecule has 4 heteroatoms. The van der Waals surface area contributed by atoms with Crippen LogP contribution < -0.4 is 10.5 Å². The molecule has 21 heavy (non-hydrogen) atoms. The van der Waals surface area contributed by atoms with E-state index >= 15 is 0 Å². The number of carbonyl (C=O) groups is 1. The molecule has 2 rings (SSSR count). The first-order valence-corrected chi connectivity index (χ1v) is 7.89. The third-order valence-corrected chi connectivity index (χ3v) is 4.15. The third kappa shape index (κ3) is 4.21. The molecule has 1 aliphatic rings. The maximum absolute atomic E-state index is 12.4. The van der Waals surface area contributed by atoms with Gasteiger partial charge in [0.05, 0.1) is 13.2 Å². The molecule has 1 fully saturated rings. The second-order valence-electron chi connectivity index (χ2n) is 5.62. The molecule has 1 aromatic rings. The zero-order valence-electron chi connectivity index (χ0n) is 12.9. The van der Waals surface area contributed by atoms with E-state index in [4.69, 9.17) is 10.5 Å². The smallest absolute Gasteiger partial charge is 0.223 e. The summed E-state index contributed by atoms with van der Waals surface area (Å²) in [6.45, 7) is 1.59. The number of ether oxygens (including phenoxy) is 1. The number of amides is 1. The Morgan fingerprint density at radius 3 is 3.00 bits per heavy atom. The Balaban J connectivity index is 1.97. The number of hydrogen-bond donors (Lipinski definition) is 1. The second-order valence-corrected chi connectivity index (χ2v) is 5.62. The van der Waals surface area contributed by atoms with Crippen LogP contribution >= 0.6 is 0 Å². The van der Waals surface area contributed by atoms with E-state index in [1.165, 1.54) is 5.56 Å². The van der Waals surface area contributed by atoms with E-state index in [1.54, 1.807) is 7.11 Å². The molecule has 0 aliphatic carbocycles. The van der Waals surface area contributed by atoms with Crippen molar-refractivity contribution >= 4 is 5.91 Å². The minimum Gasteiger partial charge on any atom is -0.497 e. The molecule has 0 aromatic heterocycles. The molecule has 1 amide bonds. The normalized spacial score (nSPS) is 18.0. The first-order valence-electron chi connectivity index (χ1n) is 7.89. The number of rotatable bonds is 7. The Morgan fingerprint density at radius 2 is 2.24 bits per heavy atom. The first kappa shape index (κ1) is 15.8. The van der Waals surface area contributed by atoms with Gasteiger partial charge in [-0.25, -0.2) is 0 Å². The zero-order valence-corrected chi connectivity index (χ0v) is 12.9. The van der Waals surface area contributed by atoms with E-state index in [9.17, 15) is 4.79 Å². The predicted octanol–water partition coefficient (Wildman–Crippen LogP) is 2.88. The zero-order chi connectivity index (χ0) is 15.1. The summed E-state index contributed by atoms with van der Waals surface area (Å²) in [5.74, 6) is 1.13. The van der Waals surface area contributed by atoms with Gasteiger partial charge in [-0.1, -0.05) is 18.6 Å². The lowest BCUT2D eigenvalue weighted by Crippen LogP contribution is -2.30. The van der Waals surface area contributed by atoms with Crippen LogP contribution in [0.25, 0.3) is 0 Å². The van der Waals surface area contributed by atoms with Crippen LogP contribution in [0.3, 0.4) is 0 Å². The van der Waals surface area contributed by atoms with Crippen LogP contribution in [0.15, 0.2) is 24.3 Å². The molecule has 1 aromatic carbocycles. The minimum atomic E-state index is 0.210. The Bertz CT molecular complexity index is 462. The van der Waals surface area contributed by atoms with Gasteiger partial charge in [-0.05, 0) is 49.9 Å². The average molecular weight is 290 g/mol. The highest BCUT2D eigenvalue weighted by atomic mass is 16.5. The highest BCUT2D eigenvalue weighted by Crippen LogP contribution is 2.34. The van der Waals surface area contributed by atoms with Crippen LogP contribution in [0, 0.1) is 0 Å². The molecule has 4 nitrogen and oxygen atoms in total. The third-order valence-electron chi connectivity index (χ3n) is 4.15. The van der Waals surface area contributed by atoms with Crippen molar-refractivity contribution in [1.29, 1.82) is 0 Å². The van der Waals surface area contributed by atoms with Crippen molar-refractivity contribution in [2.24, 2.45) is 5.73 Å². The van der Waals surface area contributed by atoms with E-state index in [-0.39, 0.29) is 11.9 Å². The molecule has 1 saturated heterocycles. The fraction of sp³-hybridized carbons (Fsp3) is 0.588. The van der Waals surface area contributed by atoms with Gasteiger partial charge >= 0.3 is 0 Å². The van der Waals surface area contributed by atoms with E-state index in [2.05, 4.69) is 6.07 Å². The van der Waals surface area contributed by atoms with Crippen molar-refractivity contribution in [2.45, 2.75) is 44.6 Å². The van der Waals surface area contributed by atoms with Crippen molar-refractivity contribution in [3.8, 4) is 5.75 Å². The maximum atomic E-state index is 12.4. The number of benzene rings is 1. The molecule has 1 atom stereocenters. The molecule has 1 heterocycles. The number of likely N-dealkylation sites (tertiary alicyclic amines) is 1. The lowest BCUT2D eigenvalue weighted by Gasteiger charge is -2.25. The number of hydrogen-bond acceptors (Lipinski definition) is 3. The van der Waals surface area contributed by atoms with Gasteiger partial charge in [0.15, 0.2) is 0 Å². The predicted molar refractivity (Wildman–Crippen MR) is 84.2 cm³/mol. The quantitative estimate of drug-likeness (QED) is 0.786. The summed E-state index contributed by atoms with van der Waals surface area (Å²) in [6.07, 6.45) is 5.75. The Kier molecular flexibility index (Phi) is 6.05. The lowest BCUT2D eigenvalue weighted by molar-refractivity contribution is -0.132. The van der Waals surface area contributed by atoms with Gasteiger partial charge in [0.25, 0.3) is 0 Å². The summed E-state index contributed by atoms with van der Waals surface area (Å²) in [6, 6.07) is 8.29. The molecule has 0 bridgehead atoms. The van der Waals surface area contributed by atoms with Gasteiger partial charge in [-0.2, -0.15) is 0 Å². The number of nitrogens with two attached hydrogens (primary N) is 1. The van der Waals surface area contributed by atoms with Crippen LogP contribution in [0.1, 0.15) is 50.1 Å². The summed E-state index contributed by atoms with van der Waals surface area (Å²) in [5.41, 5.74) is 6.67. The van der Waals surface area contributed by atoms with E-state index in [0.29, 0.717) is 13.0 Å². The molecule has 0 radical (unpaired) electrons. The molecular formula is C17H26N2O2. The van der Waals surface area contributed by atoms with Gasteiger partial charge in [-0.15, -0.1) is 0 Å². The van der Waals surface area contributed by atoms with Gasteiger partial charge in [0, 0.05) is 13.0 Å². The first-order chi connectivity index (χ1) is 10.3. The number of nitrogens with zero attached hydrogens (tertiary/aromatic N) is 1. The Morgan fingerprint density at radius 1 is 1.38 bits per heavy atom. The Labute approximate surface area is 127 Å². The Hall–Kier alpha value is -1.55. The van der Waals surface area contributed by atoms with Gasteiger partial charge < -0.3 is 15.4 Å². The molecule has 1 aliphatic heterocycles. The van der Waals surface area contributed by atoms with Crippen LogP contribution in [-0.2, 0) is 4.79 Å². The van der Waals surface area contributed by atoms with E-state index in [0.717, 1.165) is 44.4 Å². The van der Waals surface area contributed by atoms with Gasteiger partial charge in [0.2, 0.25) is 5.91 Å². The standard InChI is InChI=1S/C17H26N2O2/c1-21-15-8-5-7-14(13-15)16-9-6-12-19(16)17(20)10-3-2-4-11-18/h5,7-8,13,16H,2-4,6,9-12,18H2,1H3. The molecule has 2 N–H and O–H groups in total. The largest absolute Gasteiger partial charge is 0.497 e. The van der Waals surface area contributed by atoms with Crippen LogP contribution in [0.2, 0.25) is 0 Å². The highest BCUT2D eigenvalue weighted by molar-refractivity contribution is 5.77. The highest BCUT2D eigenvalue weighted by Gasteiger charge is 2.29. The van der Waals surface area contributed by atoms with Crippen LogP contribution in [0.5, 0.6) is 5.75 Å². The minimum absolute atomic E-state index is 0.210. The average Bonchev–Trinajstić information content (AvgIpc) is 3.01. The summed E-state index contributed by atoms with van der Waals surface area (Å²) in [5, 5.41) is 0. The molecule has 0 saturated carbocycles. The number of unbranched alkanes of at least 4 members (excludes halogenated alkanes) is 2. The van der Waals surface area contributed by atoms with Crippen molar-refractivity contribution in [3.05, 3.63) is 29.8 Å². The molecule has 1 unspecified atom stereocenters. The van der Waals surface area contributed by atoms with Gasteiger partial charge in [0.1, 0.15) is 5.75 Å². The fourth-order valence-electron chi connectivity index (χ4n) is 3.00. The fourth-order valence-corrected chi connectivity index (χ4v) is 3.00. The number of methoxy groups -OCH3 is 1. The van der Waals surface area contributed by atoms with Crippen molar-refractivity contribution < 1.29 is 9.53 Å². The van der Waals surface area contributed by atoms with Gasteiger partial charge in [-0.3, -0.25) is 4.79 Å². The van der Waals surface area contributed by atoms with E-state index < -0.39 is 0 Å². The maximum Gasteiger partial charge on any atom is 0.223 e. The van der Waals surface area contributed by atoms with Crippen LogP contribution in [-0.4, -0.2) is 31.0 Å². The SMILES string of the molecule is COc1cccc(C2CCCN2C(=O)CCCCCN)c1. The molecule has 0 spiro atoms. The second kappa shape index (κ2) is 8.03. The summed E-state index contributed by atoms with van der Waals surface area (Å²) < 4.78 is 5.29.